The van der Waals surface area contributed by atoms with E-state index >= 15 is 0 Å². The Labute approximate surface area is 114 Å². The second-order valence-corrected chi connectivity index (χ2v) is 5.05. The topological polar surface area (TPSA) is 57.6 Å². The lowest BCUT2D eigenvalue weighted by molar-refractivity contribution is -0.135. The van der Waals surface area contributed by atoms with Crippen molar-refractivity contribution in [1.82, 2.24) is 0 Å². The average Bonchev–Trinajstić information content (AvgIpc) is 2.90. The largest absolute Gasteiger partial charge is 0.480 e. The molecule has 0 aliphatic heterocycles. The smallest absolute Gasteiger partial charge is 0.323 e. The van der Waals surface area contributed by atoms with Crippen LogP contribution in [0, 0.1) is 6.92 Å². The molecule has 1 heterocycles. The number of hydrogen-bond donors (Lipinski definition) is 1. The molecule has 5 heteroatoms. The molecule has 2 aromatic rings. The Morgan fingerprint density at radius 2 is 1.89 bits per heavy atom. The molecule has 0 spiro atoms. The molecule has 0 saturated carbocycles. The predicted octanol–water partition coefficient (Wildman–Crippen LogP) is 2.79. The highest BCUT2D eigenvalue weighted by Crippen LogP contribution is 2.20. The molecule has 98 valence electrons. The van der Waals surface area contributed by atoms with Crippen molar-refractivity contribution in [2.45, 2.75) is 6.92 Å². The maximum Gasteiger partial charge on any atom is 0.323 e. The van der Waals surface area contributed by atoms with Crippen LogP contribution < -0.4 is 4.90 Å². The van der Waals surface area contributed by atoms with Crippen LogP contribution in [0.25, 0.3) is 0 Å². The highest BCUT2D eigenvalue weighted by Gasteiger charge is 2.20. The Morgan fingerprint density at radius 1 is 1.21 bits per heavy atom. The normalized spacial score (nSPS) is 10.2. The third kappa shape index (κ3) is 3.20. The minimum Gasteiger partial charge on any atom is -0.480 e. The number of thiophene rings is 1. The number of rotatable bonds is 4. The van der Waals surface area contributed by atoms with Crippen LogP contribution in [0.4, 0.5) is 5.69 Å². The van der Waals surface area contributed by atoms with Crippen molar-refractivity contribution in [1.29, 1.82) is 0 Å². The molecule has 1 N–H and O–H groups in total. The summed E-state index contributed by atoms with van der Waals surface area (Å²) >= 11 is 1.30. The van der Waals surface area contributed by atoms with Gasteiger partial charge in [0.1, 0.15) is 6.54 Å². The average molecular weight is 275 g/mol. The van der Waals surface area contributed by atoms with Gasteiger partial charge in [0.15, 0.2) is 0 Å². The SMILES string of the molecule is Cc1ccc(N(CC(=O)O)C(=O)c2cccs2)cc1. The van der Waals surface area contributed by atoms with Crippen LogP contribution in [0.15, 0.2) is 41.8 Å². The number of hydrogen-bond acceptors (Lipinski definition) is 3. The monoisotopic (exact) mass is 275 g/mol. The molecule has 0 radical (unpaired) electrons. The number of carboxylic acid groups (broad SMARTS) is 1. The van der Waals surface area contributed by atoms with E-state index in [0.717, 1.165) is 5.56 Å². The third-order valence-electron chi connectivity index (χ3n) is 2.62. The Kier molecular flexibility index (Phi) is 3.97. The van der Waals surface area contributed by atoms with E-state index in [2.05, 4.69) is 0 Å². The highest BCUT2D eigenvalue weighted by atomic mass is 32.1. The van der Waals surface area contributed by atoms with Gasteiger partial charge >= 0.3 is 5.97 Å². The van der Waals surface area contributed by atoms with Crippen LogP contribution in [0.3, 0.4) is 0 Å². The van der Waals surface area contributed by atoms with Crippen molar-refractivity contribution in [2.75, 3.05) is 11.4 Å². The minimum atomic E-state index is -1.04. The predicted molar refractivity (Wildman–Crippen MR) is 74.8 cm³/mol. The van der Waals surface area contributed by atoms with Gasteiger partial charge in [0, 0.05) is 5.69 Å². The second-order valence-electron chi connectivity index (χ2n) is 4.10. The molecule has 1 amide bonds. The van der Waals surface area contributed by atoms with E-state index in [1.54, 1.807) is 29.6 Å². The molecule has 1 aromatic heterocycles. The quantitative estimate of drug-likeness (QED) is 0.933. The summed E-state index contributed by atoms with van der Waals surface area (Å²) in [5.74, 6) is -1.33. The third-order valence-corrected chi connectivity index (χ3v) is 3.47. The van der Waals surface area contributed by atoms with Gasteiger partial charge in [0.05, 0.1) is 4.88 Å². The van der Waals surface area contributed by atoms with Crippen LogP contribution >= 0.6 is 11.3 Å². The Bertz CT molecular complexity index is 575. The summed E-state index contributed by atoms with van der Waals surface area (Å²) in [5, 5.41) is 10.7. The number of carbonyl (C=O) groups is 2. The fourth-order valence-corrected chi connectivity index (χ4v) is 2.35. The first-order valence-electron chi connectivity index (χ1n) is 5.72. The number of carboxylic acids is 1. The molecule has 0 bridgehead atoms. The zero-order chi connectivity index (χ0) is 13.8. The second kappa shape index (κ2) is 5.67. The van der Waals surface area contributed by atoms with E-state index in [-0.39, 0.29) is 12.5 Å². The van der Waals surface area contributed by atoms with Crippen LogP contribution in [0.2, 0.25) is 0 Å². The summed E-state index contributed by atoms with van der Waals surface area (Å²) < 4.78 is 0. The molecule has 4 nitrogen and oxygen atoms in total. The van der Waals surface area contributed by atoms with E-state index in [0.29, 0.717) is 10.6 Å². The van der Waals surface area contributed by atoms with Crippen LogP contribution in [-0.4, -0.2) is 23.5 Å². The van der Waals surface area contributed by atoms with Gasteiger partial charge in [-0.2, -0.15) is 0 Å². The highest BCUT2D eigenvalue weighted by molar-refractivity contribution is 7.12. The fraction of sp³-hybridized carbons (Fsp3) is 0.143. The van der Waals surface area contributed by atoms with Crippen molar-refractivity contribution in [3.8, 4) is 0 Å². The van der Waals surface area contributed by atoms with Gasteiger partial charge in [-0.05, 0) is 30.5 Å². The van der Waals surface area contributed by atoms with Gasteiger partial charge < -0.3 is 5.11 Å². The van der Waals surface area contributed by atoms with Crippen LogP contribution in [0.5, 0.6) is 0 Å². The summed E-state index contributed by atoms with van der Waals surface area (Å²) in [4.78, 5) is 25.0. The van der Waals surface area contributed by atoms with E-state index in [4.69, 9.17) is 5.11 Å². The summed E-state index contributed by atoms with van der Waals surface area (Å²) in [6.07, 6.45) is 0. The standard InChI is InChI=1S/C14H13NO3S/c1-10-4-6-11(7-5-10)15(9-13(16)17)14(18)12-3-2-8-19-12/h2-8H,9H2,1H3,(H,16,17). The first-order chi connectivity index (χ1) is 9.08. The number of amides is 1. The Balaban J connectivity index is 2.33. The van der Waals surface area contributed by atoms with E-state index in [1.165, 1.54) is 16.2 Å². The summed E-state index contributed by atoms with van der Waals surface area (Å²) in [6.45, 7) is 1.59. The minimum absolute atomic E-state index is 0.291. The number of aliphatic carboxylic acids is 1. The van der Waals surface area contributed by atoms with Crippen LogP contribution in [-0.2, 0) is 4.79 Å². The Morgan fingerprint density at radius 3 is 2.42 bits per heavy atom. The van der Waals surface area contributed by atoms with E-state index < -0.39 is 5.97 Å². The molecule has 0 saturated heterocycles. The molecule has 0 fully saturated rings. The van der Waals surface area contributed by atoms with Gasteiger partial charge in [0.2, 0.25) is 0 Å². The molecule has 2 rings (SSSR count). The zero-order valence-electron chi connectivity index (χ0n) is 10.4. The van der Waals surface area contributed by atoms with Gasteiger partial charge in [-0.1, -0.05) is 23.8 Å². The van der Waals surface area contributed by atoms with Crippen molar-refractivity contribution < 1.29 is 14.7 Å². The van der Waals surface area contributed by atoms with Gasteiger partial charge in [-0.25, -0.2) is 0 Å². The molecule has 0 aliphatic rings. The van der Waals surface area contributed by atoms with E-state index in [9.17, 15) is 9.59 Å². The summed E-state index contributed by atoms with van der Waals surface area (Å²) in [5.41, 5.74) is 1.65. The van der Waals surface area contributed by atoms with Gasteiger partial charge in [-0.15, -0.1) is 11.3 Å². The molecule has 1 aromatic carbocycles. The number of anilines is 1. The molecule has 19 heavy (non-hydrogen) atoms. The van der Waals surface area contributed by atoms with Crippen molar-refractivity contribution in [3.05, 3.63) is 52.2 Å². The van der Waals surface area contributed by atoms with Gasteiger partial charge in [0.25, 0.3) is 5.91 Å². The number of aryl methyl sites for hydroxylation is 1. The van der Waals surface area contributed by atoms with E-state index in [1.807, 2.05) is 19.1 Å². The molecular formula is C14H13NO3S. The number of carbonyl (C=O) groups excluding carboxylic acids is 1. The summed E-state index contributed by atoms with van der Waals surface area (Å²) in [6, 6.07) is 10.7. The molecular weight excluding hydrogens is 262 g/mol. The number of nitrogens with zero attached hydrogens (tertiary/aromatic N) is 1. The van der Waals surface area contributed by atoms with Crippen molar-refractivity contribution >= 4 is 28.9 Å². The maximum absolute atomic E-state index is 12.3. The molecule has 0 aliphatic carbocycles. The first kappa shape index (κ1) is 13.3. The lowest BCUT2D eigenvalue weighted by atomic mass is 10.2. The Hall–Kier alpha value is -2.14. The fourth-order valence-electron chi connectivity index (χ4n) is 1.67. The summed E-state index contributed by atoms with van der Waals surface area (Å²) in [7, 11) is 0. The lowest BCUT2D eigenvalue weighted by Crippen LogP contribution is -2.35. The zero-order valence-corrected chi connectivity index (χ0v) is 11.2. The van der Waals surface area contributed by atoms with Gasteiger partial charge in [-0.3, -0.25) is 14.5 Å². The molecule has 0 unspecified atom stereocenters. The van der Waals surface area contributed by atoms with Crippen molar-refractivity contribution in [3.63, 3.8) is 0 Å². The maximum atomic E-state index is 12.3. The molecule has 0 atom stereocenters. The van der Waals surface area contributed by atoms with Crippen molar-refractivity contribution in [2.24, 2.45) is 0 Å². The number of benzene rings is 1. The first-order valence-corrected chi connectivity index (χ1v) is 6.60. The van der Waals surface area contributed by atoms with Crippen LogP contribution in [0.1, 0.15) is 15.2 Å². The lowest BCUT2D eigenvalue weighted by Gasteiger charge is -2.20.